The molecule has 3 aromatic rings. The summed E-state index contributed by atoms with van der Waals surface area (Å²) in [5.74, 6) is -0.235. The molecule has 12 heteroatoms. The summed E-state index contributed by atoms with van der Waals surface area (Å²) in [7, 11) is 2.78. The van der Waals surface area contributed by atoms with Crippen LogP contribution in [0.5, 0.6) is 5.88 Å². The van der Waals surface area contributed by atoms with E-state index in [0.717, 1.165) is 0 Å². The molecular formula is C24H20BrClN4O6. The molecule has 1 aromatic carbocycles. The minimum atomic E-state index is -0.567. The molecular weight excluding hydrogens is 556 g/mol. The standard InChI is InChI=1S/C24H20BrClN4O6/c1-13-22(25)18(11-33-2)17(9-27)23(29-13)35-12-21(31)30-28-10-15-5-7-20(36-15)14-4-6-16(19(26)8-14)24(32)34-3/h4-8,10H,11-12H2,1-3H3,(H,30,31)/b28-10-. The smallest absolute Gasteiger partial charge is 0.339 e. The number of hydrogen-bond donors (Lipinski definition) is 1. The molecule has 10 nitrogen and oxygen atoms in total. The van der Waals surface area contributed by atoms with E-state index in [1.54, 1.807) is 31.2 Å². The molecule has 0 spiro atoms. The van der Waals surface area contributed by atoms with Gasteiger partial charge in [-0.3, -0.25) is 4.79 Å². The summed E-state index contributed by atoms with van der Waals surface area (Å²) in [6.45, 7) is 1.49. The number of halogens is 2. The minimum absolute atomic E-state index is 0.0249. The second-order valence-corrected chi connectivity index (χ2v) is 8.38. The Kier molecular flexibility index (Phi) is 9.19. The molecule has 1 amide bonds. The number of aryl methyl sites for hydroxylation is 1. The fourth-order valence-electron chi connectivity index (χ4n) is 3.07. The number of hydrogen-bond acceptors (Lipinski definition) is 9. The quantitative estimate of drug-likeness (QED) is 0.225. The zero-order chi connectivity index (χ0) is 26.2. The van der Waals surface area contributed by atoms with Crippen LogP contribution in [0, 0.1) is 18.3 Å². The van der Waals surface area contributed by atoms with Gasteiger partial charge in [0.2, 0.25) is 5.88 Å². The second kappa shape index (κ2) is 12.3. The van der Waals surface area contributed by atoms with Crippen molar-refractivity contribution in [3.8, 4) is 23.3 Å². The number of pyridine rings is 1. The van der Waals surface area contributed by atoms with Gasteiger partial charge in [-0.25, -0.2) is 15.2 Å². The van der Waals surface area contributed by atoms with Crippen molar-refractivity contribution in [1.82, 2.24) is 10.4 Å². The molecule has 0 atom stereocenters. The minimum Gasteiger partial charge on any atom is -0.467 e. The number of aromatic nitrogens is 1. The van der Waals surface area contributed by atoms with E-state index in [-0.39, 0.29) is 28.6 Å². The van der Waals surface area contributed by atoms with Crippen molar-refractivity contribution < 1.29 is 28.2 Å². The number of nitriles is 1. The molecule has 0 unspecified atom stereocenters. The van der Waals surface area contributed by atoms with Crippen LogP contribution in [0.1, 0.15) is 32.9 Å². The van der Waals surface area contributed by atoms with Crippen LogP contribution in [-0.4, -0.2) is 43.9 Å². The third-order valence-corrected chi connectivity index (χ3v) is 6.14. The van der Waals surface area contributed by atoms with Crippen LogP contribution in [0.4, 0.5) is 0 Å². The molecule has 0 aliphatic heterocycles. The molecule has 0 saturated carbocycles. The first-order valence-electron chi connectivity index (χ1n) is 10.3. The van der Waals surface area contributed by atoms with Gasteiger partial charge in [-0.05, 0) is 47.1 Å². The van der Waals surface area contributed by atoms with Gasteiger partial charge < -0.3 is 18.6 Å². The lowest BCUT2D eigenvalue weighted by molar-refractivity contribution is -0.123. The van der Waals surface area contributed by atoms with Gasteiger partial charge >= 0.3 is 5.97 Å². The number of nitrogens with zero attached hydrogens (tertiary/aromatic N) is 3. The molecule has 0 radical (unpaired) electrons. The number of ether oxygens (including phenoxy) is 3. The summed E-state index contributed by atoms with van der Waals surface area (Å²) in [6, 6.07) is 10.2. The van der Waals surface area contributed by atoms with Crippen LogP contribution in [-0.2, 0) is 20.9 Å². The van der Waals surface area contributed by atoms with Gasteiger partial charge in [-0.1, -0.05) is 17.7 Å². The van der Waals surface area contributed by atoms with E-state index in [1.165, 1.54) is 26.5 Å². The highest BCUT2D eigenvalue weighted by Gasteiger charge is 2.18. The van der Waals surface area contributed by atoms with Gasteiger partial charge in [0.25, 0.3) is 5.91 Å². The Morgan fingerprint density at radius 3 is 2.75 bits per heavy atom. The fraction of sp³-hybridized carbons (Fsp3) is 0.208. The van der Waals surface area contributed by atoms with Crippen LogP contribution in [0.3, 0.4) is 0 Å². The number of rotatable bonds is 9. The predicted molar refractivity (Wildman–Crippen MR) is 134 cm³/mol. The molecule has 1 N–H and O–H groups in total. The van der Waals surface area contributed by atoms with Crippen molar-refractivity contribution >= 4 is 45.6 Å². The fourth-order valence-corrected chi connectivity index (χ4v) is 3.73. The normalized spacial score (nSPS) is 10.8. The number of methoxy groups -OCH3 is 2. The third kappa shape index (κ3) is 6.28. The van der Waals surface area contributed by atoms with E-state index in [9.17, 15) is 14.9 Å². The van der Waals surface area contributed by atoms with Gasteiger partial charge in [-0.2, -0.15) is 10.4 Å². The molecule has 0 bridgehead atoms. The largest absolute Gasteiger partial charge is 0.467 e. The number of carbonyl (C=O) groups is 2. The highest BCUT2D eigenvalue weighted by Crippen LogP contribution is 2.30. The van der Waals surface area contributed by atoms with E-state index >= 15 is 0 Å². The second-order valence-electron chi connectivity index (χ2n) is 7.18. The lowest BCUT2D eigenvalue weighted by Gasteiger charge is -2.13. The Balaban J connectivity index is 1.61. The molecule has 0 aliphatic rings. The van der Waals surface area contributed by atoms with Gasteiger partial charge in [0.05, 0.1) is 36.2 Å². The Morgan fingerprint density at radius 1 is 1.31 bits per heavy atom. The number of nitrogens with one attached hydrogen (secondary N) is 1. The maximum Gasteiger partial charge on any atom is 0.339 e. The highest BCUT2D eigenvalue weighted by atomic mass is 79.9. The van der Waals surface area contributed by atoms with Crippen LogP contribution >= 0.6 is 27.5 Å². The third-order valence-electron chi connectivity index (χ3n) is 4.77. The first-order valence-corrected chi connectivity index (χ1v) is 11.5. The van der Waals surface area contributed by atoms with Crippen LogP contribution in [0.2, 0.25) is 5.02 Å². The number of esters is 1. The summed E-state index contributed by atoms with van der Waals surface area (Å²) in [5, 5.41) is 13.6. The lowest BCUT2D eigenvalue weighted by Crippen LogP contribution is -2.25. The Labute approximate surface area is 219 Å². The number of furan rings is 1. The Bertz CT molecular complexity index is 1370. The average Bonchev–Trinajstić information content (AvgIpc) is 3.34. The zero-order valence-electron chi connectivity index (χ0n) is 19.4. The molecule has 0 fully saturated rings. The first-order chi connectivity index (χ1) is 17.3. The van der Waals surface area contributed by atoms with Gasteiger partial charge in [0.1, 0.15) is 23.2 Å². The summed E-state index contributed by atoms with van der Waals surface area (Å²) in [6.07, 6.45) is 1.31. The summed E-state index contributed by atoms with van der Waals surface area (Å²) >= 11 is 9.55. The van der Waals surface area contributed by atoms with Crippen LogP contribution in [0.15, 0.2) is 44.3 Å². The molecule has 36 heavy (non-hydrogen) atoms. The summed E-state index contributed by atoms with van der Waals surface area (Å²) in [5.41, 5.74) is 4.54. The number of amides is 1. The maximum absolute atomic E-state index is 12.2. The summed E-state index contributed by atoms with van der Waals surface area (Å²) < 4.78 is 21.6. The van der Waals surface area contributed by atoms with Crippen molar-refractivity contribution in [3.63, 3.8) is 0 Å². The van der Waals surface area contributed by atoms with Crippen molar-refractivity contribution in [2.24, 2.45) is 5.10 Å². The lowest BCUT2D eigenvalue weighted by atomic mass is 10.1. The van der Waals surface area contributed by atoms with Crippen LogP contribution < -0.4 is 10.2 Å². The molecule has 186 valence electrons. The van der Waals surface area contributed by atoms with E-state index < -0.39 is 18.5 Å². The zero-order valence-corrected chi connectivity index (χ0v) is 21.8. The SMILES string of the molecule is COCc1c(Br)c(C)nc(OCC(=O)N/N=C\c2ccc(-c3ccc(C(=O)OC)c(Cl)c3)o2)c1C#N. The van der Waals surface area contributed by atoms with E-state index in [0.29, 0.717) is 32.8 Å². The van der Waals surface area contributed by atoms with Gasteiger partial charge in [0, 0.05) is 22.7 Å². The predicted octanol–water partition coefficient (Wildman–Crippen LogP) is 4.40. The maximum atomic E-state index is 12.2. The van der Waals surface area contributed by atoms with Crippen molar-refractivity contribution in [2.75, 3.05) is 20.8 Å². The number of hydrazone groups is 1. The first kappa shape index (κ1) is 26.9. The number of benzene rings is 1. The molecule has 2 aromatic heterocycles. The number of carbonyl (C=O) groups excluding carboxylic acids is 2. The molecule has 2 heterocycles. The van der Waals surface area contributed by atoms with Crippen molar-refractivity contribution in [1.29, 1.82) is 5.26 Å². The van der Waals surface area contributed by atoms with Gasteiger partial charge in [0.15, 0.2) is 6.61 Å². The molecule has 3 rings (SSSR count). The Hall–Kier alpha value is -3.72. The van der Waals surface area contributed by atoms with Gasteiger partial charge in [-0.15, -0.1) is 0 Å². The molecule has 0 aliphatic carbocycles. The van der Waals surface area contributed by atoms with Crippen molar-refractivity contribution in [2.45, 2.75) is 13.5 Å². The van der Waals surface area contributed by atoms with Crippen LogP contribution in [0.25, 0.3) is 11.3 Å². The molecule has 0 saturated heterocycles. The monoisotopic (exact) mass is 574 g/mol. The Morgan fingerprint density at radius 2 is 2.08 bits per heavy atom. The topological polar surface area (TPSA) is 136 Å². The van der Waals surface area contributed by atoms with Crippen molar-refractivity contribution in [3.05, 3.63) is 68.0 Å². The van der Waals surface area contributed by atoms with E-state index in [2.05, 4.69) is 36.2 Å². The van der Waals surface area contributed by atoms with E-state index in [1.807, 2.05) is 6.07 Å². The highest BCUT2D eigenvalue weighted by molar-refractivity contribution is 9.10. The average molecular weight is 576 g/mol. The summed E-state index contributed by atoms with van der Waals surface area (Å²) in [4.78, 5) is 28.1. The van der Waals surface area contributed by atoms with E-state index in [4.69, 9.17) is 25.5 Å².